The summed E-state index contributed by atoms with van der Waals surface area (Å²) in [7, 11) is 2.17. The number of ether oxygens (including phenoxy) is 1. The Morgan fingerprint density at radius 2 is 1.68 bits per heavy atom. The van der Waals surface area contributed by atoms with Crippen LogP contribution in [0.4, 0.5) is 0 Å². The lowest BCUT2D eigenvalue weighted by Crippen LogP contribution is -2.42. The van der Waals surface area contributed by atoms with E-state index in [0.717, 1.165) is 25.4 Å². The number of rotatable bonds is 7. The van der Waals surface area contributed by atoms with Gasteiger partial charge in [0.2, 0.25) is 0 Å². The van der Waals surface area contributed by atoms with E-state index < -0.39 is 0 Å². The Bertz CT molecular complexity index is 662. The first kappa shape index (κ1) is 17.6. The van der Waals surface area contributed by atoms with E-state index in [0.29, 0.717) is 23.8 Å². The van der Waals surface area contributed by atoms with Crippen LogP contribution in [-0.2, 0) is 0 Å². The van der Waals surface area contributed by atoms with Gasteiger partial charge in [0.25, 0.3) is 0 Å². The molecule has 3 rings (SSSR count). The van der Waals surface area contributed by atoms with Crippen LogP contribution in [0.15, 0.2) is 54.6 Å². The average Bonchev–Trinajstić information content (AvgIpc) is 2.67. The molecule has 0 atom stereocenters. The van der Waals surface area contributed by atoms with Crippen molar-refractivity contribution in [2.75, 3.05) is 33.3 Å². The summed E-state index contributed by atoms with van der Waals surface area (Å²) in [6, 6.07) is 17.3. The third-order valence-corrected chi connectivity index (χ3v) is 4.67. The molecular formula is C21H26N2O2. The van der Waals surface area contributed by atoms with Crippen LogP contribution in [0, 0.1) is 0 Å². The lowest BCUT2D eigenvalue weighted by atomic mass is 10.0. The molecule has 1 heterocycles. The summed E-state index contributed by atoms with van der Waals surface area (Å²) in [5.74, 6) is 0.839. The predicted molar refractivity (Wildman–Crippen MR) is 100 cm³/mol. The highest BCUT2D eigenvalue weighted by molar-refractivity contribution is 6.08. The molecule has 1 N–H and O–H groups in total. The lowest BCUT2D eigenvalue weighted by Gasteiger charge is -2.29. The van der Waals surface area contributed by atoms with Gasteiger partial charge in [-0.15, -0.1) is 0 Å². The second-order valence-corrected chi connectivity index (χ2v) is 6.60. The molecule has 0 aromatic heterocycles. The summed E-state index contributed by atoms with van der Waals surface area (Å²) in [4.78, 5) is 14.7. The van der Waals surface area contributed by atoms with Gasteiger partial charge in [-0.05, 0) is 57.2 Å². The second kappa shape index (κ2) is 8.79. The van der Waals surface area contributed by atoms with Gasteiger partial charge in [0.05, 0.1) is 0 Å². The fraction of sp³-hybridized carbons (Fsp3) is 0.381. The Morgan fingerprint density at radius 3 is 2.36 bits per heavy atom. The minimum Gasteiger partial charge on any atom is -0.492 e. The minimum atomic E-state index is 0.0380. The number of hydrogen-bond acceptors (Lipinski definition) is 4. The molecule has 2 aromatic rings. The number of nitrogens with zero attached hydrogens (tertiary/aromatic N) is 1. The zero-order chi connectivity index (χ0) is 17.5. The maximum absolute atomic E-state index is 12.4. The van der Waals surface area contributed by atoms with Gasteiger partial charge in [-0.2, -0.15) is 0 Å². The fourth-order valence-corrected chi connectivity index (χ4v) is 3.10. The molecule has 0 saturated carbocycles. The fourth-order valence-electron chi connectivity index (χ4n) is 3.10. The van der Waals surface area contributed by atoms with Crippen LogP contribution in [0.25, 0.3) is 0 Å². The molecule has 2 aromatic carbocycles. The number of carbonyl (C=O) groups excluding carboxylic acids is 1. The minimum absolute atomic E-state index is 0.0380. The zero-order valence-corrected chi connectivity index (χ0v) is 14.8. The van der Waals surface area contributed by atoms with Crippen molar-refractivity contribution in [3.63, 3.8) is 0 Å². The normalized spacial score (nSPS) is 15.9. The molecule has 25 heavy (non-hydrogen) atoms. The number of ketones is 1. The van der Waals surface area contributed by atoms with Crippen molar-refractivity contribution in [2.45, 2.75) is 18.9 Å². The second-order valence-electron chi connectivity index (χ2n) is 6.60. The van der Waals surface area contributed by atoms with E-state index in [1.165, 1.54) is 12.8 Å². The number of hydrogen-bond donors (Lipinski definition) is 1. The van der Waals surface area contributed by atoms with Crippen LogP contribution in [0.5, 0.6) is 5.75 Å². The van der Waals surface area contributed by atoms with Crippen molar-refractivity contribution >= 4 is 5.78 Å². The molecule has 1 aliphatic heterocycles. The summed E-state index contributed by atoms with van der Waals surface area (Å²) in [6.45, 7) is 3.81. The Kier molecular flexibility index (Phi) is 6.20. The topological polar surface area (TPSA) is 41.6 Å². The van der Waals surface area contributed by atoms with E-state index >= 15 is 0 Å². The van der Waals surface area contributed by atoms with Gasteiger partial charge in [-0.1, -0.05) is 30.3 Å². The highest BCUT2D eigenvalue weighted by atomic mass is 16.5. The van der Waals surface area contributed by atoms with Crippen LogP contribution in [-0.4, -0.2) is 50.0 Å². The molecule has 0 aliphatic carbocycles. The van der Waals surface area contributed by atoms with Crippen LogP contribution >= 0.6 is 0 Å². The largest absolute Gasteiger partial charge is 0.492 e. The van der Waals surface area contributed by atoms with Gasteiger partial charge in [-0.25, -0.2) is 0 Å². The maximum Gasteiger partial charge on any atom is 0.193 e. The van der Waals surface area contributed by atoms with E-state index in [1.54, 1.807) is 0 Å². The monoisotopic (exact) mass is 338 g/mol. The molecule has 0 bridgehead atoms. The SMILES string of the molecule is CN1CCC(NCCOc2ccc(C(=O)c3ccccc3)cc2)CC1. The first-order chi connectivity index (χ1) is 12.2. The maximum atomic E-state index is 12.4. The third kappa shape index (κ3) is 5.15. The van der Waals surface area contributed by atoms with Crippen molar-refractivity contribution in [1.29, 1.82) is 0 Å². The van der Waals surface area contributed by atoms with Crippen molar-refractivity contribution < 1.29 is 9.53 Å². The molecule has 4 nitrogen and oxygen atoms in total. The highest BCUT2D eigenvalue weighted by Crippen LogP contribution is 2.15. The van der Waals surface area contributed by atoms with E-state index in [9.17, 15) is 4.79 Å². The molecule has 0 unspecified atom stereocenters. The molecule has 0 amide bonds. The number of piperidine rings is 1. The Balaban J connectivity index is 1.43. The Labute approximate surface area is 149 Å². The molecule has 0 radical (unpaired) electrons. The van der Waals surface area contributed by atoms with E-state index in [-0.39, 0.29) is 5.78 Å². The number of nitrogens with one attached hydrogen (secondary N) is 1. The standard InChI is InChI=1S/C21H26N2O2/c1-23-14-11-19(12-15-23)22-13-16-25-20-9-7-18(8-10-20)21(24)17-5-3-2-4-6-17/h2-10,19,22H,11-16H2,1H3. The molecule has 1 saturated heterocycles. The highest BCUT2D eigenvalue weighted by Gasteiger charge is 2.15. The van der Waals surface area contributed by atoms with Gasteiger partial charge >= 0.3 is 0 Å². The summed E-state index contributed by atoms with van der Waals surface area (Å²) >= 11 is 0. The summed E-state index contributed by atoms with van der Waals surface area (Å²) < 4.78 is 5.77. The summed E-state index contributed by atoms with van der Waals surface area (Å²) in [6.07, 6.45) is 2.40. The number of benzene rings is 2. The van der Waals surface area contributed by atoms with Crippen LogP contribution in [0.1, 0.15) is 28.8 Å². The first-order valence-electron chi connectivity index (χ1n) is 8.97. The molecule has 4 heteroatoms. The van der Waals surface area contributed by atoms with Crippen molar-refractivity contribution in [1.82, 2.24) is 10.2 Å². The smallest absolute Gasteiger partial charge is 0.193 e. The van der Waals surface area contributed by atoms with E-state index in [1.807, 2.05) is 54.6 Å². The number of likely N-dealkylation sites (tertiary alicyclic amines) is 1. The molecule has 132 valence electrons. The van der Waals surface area contributed by atoms with Gasteiger partial charge in [-0.3, -0.25) is 4.79 Å². The van der Waals surface area contributed by atoms with Crippen molar-refractivity contribution in [3.05, 3.63) is 65.7 Å². The van der Waals surface area contributed by atoms with Gasteiger partial charge in [0.1, 0.15) is 12.4 Å². The van der Waals surface area contributed by atoms with Crippen molar-refractivity contribution in [3.8, 4) is 5.75 Å². The quantitative estimate of drug-likeness (QED) is 0.622. The Hall–Kier alpha value is -2.17. The zero-order valence-electron chi connectivity index (χ0n) is 14.8. The van der Waals surface area contributed by atoms with Crippen LogP contribution in [0.3, 0.4) is 0 Å². The predicted octanol–water partition coefficient (Wildman–Crippen LogP) is 2.98. The summed E-state index contributed by atoms with van der Waals surface area (Å²) in [5, 5.41) is 3.56. The lowest BCUT2D eigenvalue weighted by molar-refractivity contribution is 0.103. The van der Waals surface area contributed by atoms with Gasteiger partial charge in [0.15, 0.2) is 5.78 Å². The number of carbonyl (C=O) groups is 1. The summed E-state index contributed by atoms with van der Waals surface area (Å²) in [5.41, 5.74) is 1.39. The van der Waals surface area contributed by atoms with Crippen LogP contribution in [0.2, 0.25) is 0 Å². The van der Waals surface area contributed by atoms with Gasteiger partial charge in [0, 0.05) is 23.7 Å². The van der Waals surface area contributed by atoms with Gasteiger partial charge < -0.3 is 15.0 Å². The van der Waals surface area contributed by atoms with Crippen molar-refractivity contribution in [2.24, 2.45) is 0 Å². The van der Waals surface area contributed by atoms with E-state index in [4.69, 9.17) is 4.74 Å². The molecule has 1 fully saturated rings. The Morgan fingerprint density at radius 1 is 1.04 bits per heavy atom. The molecule has 1 aliphatic rings. The van der Waals surface area contributed by atoms with Crippen LogP contribution < -0.4 is 10.1 Å². The first-order valence-corrected chi connectivity index (χ1v) is 8.97. The third-order valence-electron chi connectivity index (χ3n) is 4.67. The average molecular weight is 338 g/mol. The van der Waals surface area contributed by atoms with E-state index in [2.05, 4.69) is 17.3 Å². The molecule has 0 spiro atoms. The molecular weight excluding hydrogens is 312 g/mol.